The van der Waals surface area contributed by atoms with E-state index < -0.39 is 131 Å². The highest BCUT2D eigenvalue weighted by Gasteiger charge is 2.58. The second kappa shape index (κ2) is 11.3. The molecule has 5 rings (SSSR count). The van der Waals surface area contributed by atoms with Crippen molar-refractivity contribution < 1.29 is 80.0 Å². The average molecular weight is 611 g/mol. The fraction of sp³-hybridized carbons (Fsp3) is 0.481. The van der Waals surface area contributed by atoms with E-state index in [1.807, 2.05) is 0 Å². The van der Waals surface area contributed by atoms with Crippen molar-refractivity contribution in [2.75, 3.05) is 13.2 Å². The fourth-order valence-electron chi connectivity index (χ4n) is 5.78. The highest BCUT2D eigenvalue weighted by molar-refractivity contribution is 6.16. The molecule has 2 aromatic rings. The molecular formula is C27H30O16. The highest BCUT2D eigenvalue weighted by Crippen LogP contribution is 2.50. The Morgan fingerprint density at radius 2 is 1.42 bits per heavy atom. The molecule has 16 heteroatoms. The van der Waals surface area contributed by atoms with Gasteiger partial charge in [0.1, 0.15) is 72.0 Å². The normalized spacial score (nSPS) is 37.4. The number of ketones is 1. The van der Waals surface area contributed by atoms with Gasteiger partial charge < -0.3 is 70.4 Å². The summed E-state index contributed by atoms with van der Waals surface area (Å²) in [5, 5.41) is 115. The highest BCUT2D eigenvalue weighted by atomic mass is 16.7. The number of fused-ring (bicyclic) bond motifs is 2. The number of aromatic hydroxyl groups is 1. The Morgan fingerprint density at radius 3 is 2.02 bits per heavy atom. The number of carbonyl (C=O) groups is 2. The maximum Gasteiger partial charge on any atom is 0.335 e. The minimum absolute atomic E-state index is 0.404. The zero-order chi connectivity index (χ0) is 31.5. The second-order valence-electron chi connectivity index (χ2n) is 10.6. The van der Waals surface area contributed by atoms with Crippen LogP contribution < -0.4 is 4.74 Å². The molecule has 0 saturated carbocycles. The fourth-order valence-corrected chi connectivity index (χ4v) is 5.78. The lowest BCUT2D eigenvalue weighted by molar-refractivity contribution is -0.277. The first-order valence-electron chi connectivity index (χ1n) is 13.1. The first-order chi connectivity index (χ1) is 20.3. The maximum atomic E-state index is 13.9. The zero-order valence-corrected chi connectivity index (χ0v) is 22.0. The van der Waals surface area contributed by atoms with Crippen molar-refractivity contribution in [3.05, 3.63) is 58.1 Å². The van der Waals surface area contributed by atoms with E-state index in [1.165, 1.54) is 18.2 Å². The average Bonchev–Trinajstić information content (AvgIpc) is 2.98. The minimum Gasteiger partial charge on any atom is -0.507 e. The molecule has 2 heterocycles. The molecule has 0 amide bonds. The zero-order valence-electron chi connectivity index (χ0n) is 22.0. The quantitative estimate of drug-likeness (QED) is 0.148. The van der Waals surface area contributed by atoms with Gasteiger partial charge in [0.2, 0.25) is 12.1 Å². The maximum absolute atomic E-state index is 13.9. The monoisotopic (exact) mass is 610 g/mol. The predicted molar refractivity (Wildman–Crippen MR) is 136 cm³/mol. The van der Waals surface area contributed by atoms with Crippen LogP contribution in [-0.4, -0.2) is 142 Å². The summed E-state index contributed by atoms with van der Waals surface area (Å²) in [4.78, 5) is 25.8. The summed E-state index contributed by atoms with van der Waals surface area (Å²) < 4.78 is 16.7. The molecule has 2 aromatic carbocycles. The Morgan fingerprint density at radius 1 is 0.814 bits per heavy atom. The van der Waals surface area contributed by atoms with Crippen LogP contribution >= 0.6 is 0 Å². The Hall–Kier alpha value is -3.26. The van der Waals surface area contributed by atoms with Gasteiger partial charge in [-0.2, -0.15) is 0 Å². The van der Waals surface area contributed by atoms with Gasteiger partial charge in [-0.25, -0.2) is 4.79 Å². The largest absolute Gasteiger partial charge is 0.507 e. The van der Waals surface area contributed by atoms with Crippen LogP contribution in [0, 0.1) is 0 Å². The summed E-state index contributed by atoms with van der Waals surface area (Å²) in [5.41, 5.74) is -5.48. The van der Waals surface area contributed by atoms with Gasteiger partial charge in [-0.15, -0.1) is 0 Å². The van der Waals surface area contributed by atoms with Gasteiger partial charge in [-0.3, -0.25) is 4.79 Å². The number of carboxylic acids is 1. The van der Waals surface area contributed by atoms with Crippen LogP contribution in [0.3, 0.4) is 0 Å². The van der Waals surface area contributed by atoms with E-state index in [0.29, 0.717) is 0 Å². The van der Waals surface area contributed by atoms with Crippen LogP contribution in [0.1, 0.15) is 37.4 Å². The summed E-state index contributed by atoms with van der Waals surface area (Å²) in [5.74, 6) is -3.93. The third-order valence-electron chi connectivity index (χ3n) is 8.06. The van der Waals surface area contributed by atoms with Crippen molar-refractivity contribution in [3.63, 3.8) is 0 Å². The predicted octanol–water partition coefficient (Wildman–Crippen LogP) is -4.11. The lowest BCUT2D eigenvalue weighted by Gasteiger charge is -2.49. The van der Waals surface area contributed by atoms with Gasteiger partial charge in [0.05, 0.1) is 29.9 Å². The Labute approximate surface area is 241 Å². The van der Waals surface area contributed by atoms with Crippen molar-refractivity contribution in [1.82, 2.24) is 0 Å². The first-order valence-corrected chi connectivity index (χ1v) is 13.1. The van der Waals surface area contributed by atoms with Gasteiger partial charge >= 0.3 is 5.97 Å². The molecule has 0 unspecified atom stereocenters. The number of aliphatic hydroxyl groups is 9. The number of hydrogen-bond acceptors (Lipinski definition) is 15. The molecule has 2 aliphatic heterocycles. The van der Waals surface area contributed by atoms with Crippen LogP contribution in [0.4, 0.5) is 0 Å². The number of ether oxygens (including phenoxy) is 3. The summed E-state index contributed by atoms with van der Waals surface area (Å²) in [6, 6.07) is 5.18. The lowest BCUT2D eigenvalue weighted by Crippen LogP contribution is -2.65. The molecule has 234 valence electrons. The Balaban J connectivity index is 1.71. The number of aromatic carboxylic acids is 1. The molecule has 2 fully saturated rings. The summed E-state index contributed by atoms with van der Waals surface area (Å²) in [7, 11) is 0. The molecule has 0 aromatic heterocycles. The Bertz CT molecular complexity index is 1410. The third kappa shape index (κ3) is 4.77. The second-order valence-corrected chi connectivity index (χ2v) is 10.6. The number of benzene rings is 2. The van der Waals surface area contributed by atoms with Gasteiger partial charge in [0, 0.05) is 11.1 Å². The minimum atomic E-state index is -2.77. The number of carbonyl (C=O) groups excluding carboxylic acids is 1. The summed E-state index contributed by atoms with van der Waals surface area (Å²) >= 11 is 0. The standard InChI is InChI=1S/C27H30O16/c28-6-13-17(31)20(34)22(36)24(41-13)27(40)9-2-1-3-12(42-26-23(37)21(35)18(32)14(7-29)43-26)16(9)19(33)15-10(27)4-8(25(38)39)5-11(15)30/h1-5,13-14,17-18,20-24,26,28-32,34-37,40H,6-7H2,(H,38,39)/t13-,14-,17-,18-,20+,21+,22-,23-,24+,26+,27-/m1/s1. The van der Waals surface area contributed by atoms with E-state index >= 15 is 0 Å². The molecular weight excluding hydrogens is 580 g/mol. The van der Waals surface area contributed by atoms with E-state index in [2.05, 4.69) is 0 Å². The van der Waals surface area contributed by atoms with E-state index in [1.54, 1.807) is 0 Å². The number of rotatable bonds is 6. The van der Waals surface area contributed by atoms with E-state index in [-0.39, 0.29) is 0 Å². The third-order valence-corrected chi connectivity index (χ3v) is 8.06. The van der Waals surface area contributed by atoms with E-state index in [4.69, 9.17) is 14.2 Å². The number of hydrogen-bond donors (Lipinski definition) is 11. The van der Waals surface area contributed by atoms with Gasteiger partial charge in [-0.05, 0) is 18.2 Å². The van der Waals surface area contributed by atoms with Gasteiger partial charge in [0.15, 0.2) is 0 Å². The molecule has 1 aliphatic carbocycles. The van der Waals surface area contributed by atoms with Crippen molar-refractivity contribution in [2.45, 2.75) is 66.8 Å². The lowest BCUT2D eigenvalue weighted by atomic mass is 9.68. The van der Waals surface area contributed by atoms with Crippen LogP contribution in [0.2, 0.25) is 0 Å². The number of phenols is 1. The van der Waals surface area contributed by atoms with Crippen LogP contribution in [0.5, 0.6) is 11.5 Å². The molecule has 11 N–H and O–H groups in total. The molecule has 16 nitrogen and oxygen atoms in total. The molecule has 3 aliphatic rings. The summed E-state index contributed by atoms with van der Waals surface area (Å²) in [6.07, 6.45) is -18.2. The summed E-state index contributed by atoms with van der Waals surface area (Å²) in [6.45, 7) is -1.68. The smallest absolute Gasteiger partial charge is 0.335 e. The first kappa shape index (κ1) is 31.2. The van der Waals surface area contributed by atoms with E-state index in [9.17, 15) is 65.8 Å². The molecule has 43 heavy (non-hydrogen) atoms. The van der Waals surface area contributed by atoms with Crippen LogP contribution in [0.15, 0.2) is 30.3 Å². The van der Waals surface area contributed by atoms with Crippen molar-refractivity contribution in [1.29, 1.82) is 0 Å². The van der Waals surface area contributed by atoms with Crippen LogP contribution in [0.25, 0.3) is 0 Å². The molecule has 2 saturated heterocycles. The van der Waals surface area contributed by atoms with Crippen LogP contribution in [-0.2, 0) is 15.1 Å². The molecule has 0 radical (unpaired) electrons. The van der Waals surface area contributed by atoms with Gasteiger partial charge in [0.25, 0.3) is 0 Å². The topological polar surface area (TPSA) is 284 Å². The SMILES string of the molecule is O=C(O)c1cc(O)c2c(c1)[C@@](O)([C@H]1O[C@H](CO)[C@@H](O)[C@H](O)[C@H]1O)c1cccc(O[C@H]3O[C@H](CO)[C@@H](O)[C@H](O)[C@H]3O)c1C2=O. The van der Waals surface area contributed by atoms with Crippen molar-refractivity contribution >= 4 is 11.8 Å². The van der Waals surface area contributed by atoms with Crippen molar-refractivity contribution in [2.24, 2.45) is 0 Å². The number of aliphatic hydroxyl groups excluding tert-OH is 8. The number of carboxylic acid groups (broad SMARTS) is 1. The molecule has 0 bridgehead atoms. The molecule has 0 spiro atoms. The van der Waals surface area contributed by atoms with Crippen molar-refractivity contribution in [3.8, 4) is 11.5 Å². The number of phenolic OH excluding ortho intramolecular Hbond substituents is 1. The van der Waals surface area contributed by atoms with E-state index in [0.717, 1.165) is 12.1 Å². The van der Waals surface area contributed by atoms with Gasteiger partial charge in [-0.1, -0.05) is 12.1 Å². The molecule has 11 atom stereocenters. The Kier molecular flexibility index (Phi) is 8.22.